The fourth-order valence-electron chi connectivity index (χ4n) is 6.74. The molecule has 0 aromatic heterocycles. The zero-order valence-electron chi connectivity index (χ0n) is 22.6. The van der Waals surface area contributed by atoms with Crippen molar-refractivity contribution < 1.29 is 53.1 Å². The number of hydrogen-bond donors (Lipinski definition) is 2. The SMILES string of the molecule is CCOC(=O)C[C@H](OC(=O)CCC(=O)O)C(=O)OC1=CC[C@@]2(O)[C@H]3Cc4ccc(OC)c5c4[C@@]2(CCN3C)[C@H]1O5. The fourth-order valence-corrected chi connectivity index (χ4v) is 6.74. The van der Waals surface area contributed by atoms with Crippen LogP contribution in [0.15, 0.2) is 24.0 Å². The fraction of sp³-hybridized carbons (Fsp3) is 0.571. The molecule has 40 heavy (non-hydrogen) atoms. The van der Waals surface area contributed by atoms with Crippen molar-refractivity contribution in [3.8, 4) is 11.5 Å². The van der Waals surface area contributed by atoms with Gasteiger partial charge in [-0.15, -0.1) is 0 Å². The van der Waals surface area contributed by atoms with Gasteiger partial charge in [-0.05, 0) is 51.1 Å². The van der Waals surface area contributed by atoms with Gasteiger partial charge in [0, 0.05) is 18.0 Å². The van der Waals surface area contributed by atoms with E-state index in [0.29, 0.717) is 30.9 Å². The van der Waals surface area contributed by atoms with Gasteiger partial charge in [0.25, 0.3) is 0 Å². The normalized spacial score (nSPS) is 28.4. The summed E-state index contributed by atoms with van der Waals surface area (Å²) >= 11 is 0. The first-order chi connectivity index (χ1) is 19.0. The molecule has 12 nitrogen and oxygen atoms in total. The highest BCUT2D eigenvalue weighted by molar-refractivity contribution is 5.86. The lowest BCUT2D eigenvalue weighted by atomic mass is 9.50. The summed E-state index contributed by atoms with van der Waals surface area (Å²) in [5.41, 5.74) is -0.243. The van der Waals surface area contributed by atoms with Gasteiger partial charge in [0.1, 0.15) is 5.76 Å². The highest BCUT2D eigenvalue weighted by Gasteiger charge is 2.72. The van der Waals surface area contributed by atoms with E-state index in [1.807, 2.05) is 19.2 Å². The van der Waals surface area contributed by atoms with Crippen molar-refractivity contribution >= 4 is 23.9 Å². The number of carbonyl (C=O) groups excluding carboxylic acids is 3. The Hall–Kier alpha value is -3.64. The number of carboxylic acids is 1. The lowest BCUT2D eigenvalue weighted by Gasteiger charge is -2.61. The number of nitrogens with zero attached hydrogens (tertiary/aromatic N) is 1. The number of aliphatic carboxylic acids is 1. The van der Waals surface area contributed by atoms with Crippen molar-refractivity contribution in [3.05, 3.63) is 35.1 Å². The van der Waals surface area contributed by atoms with Gasteiger partial charge in [0.2, 0.25) is 6.10 Å². The molecular formula is C28H33NO11. The number of aliphatic hydroxyl groups is 1. The summed E-state index contributed by atoms with van der Waals surface area (Å²) in [5, 5.41) is 21.1. The zero-order valence-corrected chi connectivity index (χ0v) is 22.6. The van der Waals surface area contributed by atoms with Gasteiger partial charge in [-0.3, -0.25) is 14.4 Å². The second kappa shape index (κ2) is 10.4. The Morgan fingerprint density at radius 2 is 1.98 bits per heavy atom. The first-order valence-corrected chi connectivity index (χ1v) is 13.3. The quantitative estimate of drug-likeness (QED) is 0.313. The maximum atomic E-state index is 13.4. The Morgan fingerprint density at radius 3 is 2.67 bits per heavy atom. The molecule has 2 bridgehead atoms. The molecule has 0 amide bonds. The standard InChI is InChI=1S/C28H33NO11/c1-4-37-22(33)14-18(38-21(32)8-7-20(30)31)26(34)39-17-9-10-28(35)19-13-15-5-6-16(36-3)24-23(15)27(28,25(17)40-24)11-12-29(19)2/h5-6,9,18-19,25,35H,4,7-8,10-14H2,1-3H3,(H,30,31)/t18-,19+,25-,27-,28+/m0/s1. The molecule has 0 saturated carbocycles. The third-order valence-electron chi connectivity index (χ3n) is 8.51. The number of ether oxygens (including phenoxy) is 5. The van der Waals surface area contributed by atoms with E-state index in [0.717, 1.165) is 11.1 Å². The molecule has 1 aromatic carbocycles. The predicted molar refractivity (Wildman–Crippen MR) is 136 cm³/mol. The van der Waals surface area contributed by atoms with Gasteiger partial charge in [-0.25, -0.2) is 4.79 Å². The summed E-state index contributed by atoms with van der Waals surface area (Å²) in [6.45, 7) is 2.32. The van der Waals surface area contributed by atoms with Crippen molar-refractivity contribution in [2.24, 2.45) is 0 Å². The molecule has 5 atom stereocenters. The average Bonchev–Trinajstić information content (AvgIpc) is 3.26. The number of methoxy groups -OCH3 is 1. The van der Waals surface area contributed by atoms with E-state index in [2.05, 4.69) is 4.90 Å². The number of piperidine rings is 1. The summed E-state index contributed by atoms with van der Waals surface area (Å²) in [4.78, 5) is 50.8. The van der Waals surface area contributed by atoms with E-state index < -0.39 is 66.4 Å². The molecule has 0 unspecified atom stereocenters. The predicted octanol–water partition coefficient (Wildman–Crippen LogP) is 1.25. The summed E-state index contributed by atoms with van der Waals surface area (Å²) < 4.78 is 27.9. The molecule has 5 rings (SSSR count). The molecule has 2 aliphatic heterocycles. The maximum absolute atomic E-state index is 13.4. The van der Waals surface area contributed by atoms with Gasteiger partial charge in [0.05, 0.1) is 44.0 Å². The minimum absolute atomic E-state index is 0.0494. The van der Waals surface area contributed by atoms with E-state index in [-0.39, 0.29) is 24.8 Å². The molecule has 0 radical (unpaired) electrons. The van der Waals surface area contributed by atoms with Gasteiger partial charge >= 0.3 is 23.9 Å². The Bertz CT molecular complexity index is 1270. The van der Waals surface area contributed by atoms with E-state index in [1.165, 1.54) is 7.11 Å². The third kappa shape index (κ3) is 4.29. The van der Waals surface area contributed by atoms with Gasteiger partial charge < -0.3 is 38.8 Å². The zero-order chi connectivity index (χ0) is 28.8. The van der Waals surface area contributed by atoms with Crippen LogP contribution in [0.4, 0.5) is 0 Å². The summed E-state index contributed by atoms with van der Waals surface area (Å²) in [7, 11) is 3.51. The van der Waals surface area contributed by atoms with E-state index in [1.54, 1.807) is 13.0 Å². The largest absolute Gasteiger partial charge is 0.493 e. The highest BCUT2D eigenvalue weighted by atomic mass is 16.6. The van der Waals surface area contributed by atoms with Crippen LogP contribution in [0.3, 0.4) is 0 Å². The summed E-state index contributed by atoms with van der Waals surface area (Å²) in [6.07, 6.45) is -1.18. The minimum Gasteiger partial charge on any atom is -0.493 e. The Morgan fingerprint density at radius 1 is 1.20 bits per heavy atom. The second-order valence-corrected chi connectivity index (χ2v) is 10.6. The number of carboxylic acid groups (broad SMARTS) is 1. The molecule has 2 N–H and O–H groups in total. The van der Waals surface area contributed by atoms with Crippen LogP contribution in [-0.4, -0.2) is 90.2 Å². The summed E-state index contributed by atoms with van der Waals surface area (Å²) in [5.74, 6) is -2.86. The third-order valence-corrected chi connectivity index (χ3v) is 8.51. The molecule has 2 aliphatic carbocycles. The number of benzene rings is 1. The van der Waals surface area contributed by atoms with Crippen LogP contribution in [0.2, 0.25) is 0 Å². The maximum Gasteiger partial charge on any atom is 0.353 e. The van der Waals surface area contributed by atoms with Crippen molar-refractivity contribution in [2.45, 2.75) is 74.7 Å². The Kier molecular flexibility index (Phi) is 7.26. The average molecular weight is 560 g/mol. The molecule has 1 fully saturated rings. The van der Waals surface area contributed by atoms with E-state index in [9.17, 15) is 24.3 Å². The highest BCUT2D eigenvalue weighted by Crippen LogP contribution is 2.65. The van der Waals surface area contributed by atoms with Crippen molar-refractivity contribution in [3.63, 3.8) is 0 Å². The molecule has 1 spiro atoms. The van der Waals surface area contributed by atoms with Crippen LogP contribution in [-0.2, 0) is 45.2 Å². The number of likely N-dealkylation sites (N-methyl/N-ethyl adjacent to an activating group) is 1. The number of rotatable bonds is 10. The van der Waals surface area contributed by atoms with Crippen molar-refractivity contribution in [1.29, 1.82) is 0 Å². The molecule has 2 heterocycles. The number of hydrogen-bond acceptors (Lipinski definition) is 11. The summed E-state index contributed by atoms with van der Waals surface area (Å²) in [6, 6.07) is 3.61. The van der Waals surface area contributed by atoms with Crippen LogP contribution in [0.5, 0.6) is 11.5 Å². The van der Waals surface area contributed by atoms with Crippen molar-refractivity contribution in [1.82, 2.24) is 4.90 Å². The Balaban J connectivity index is 1.47. The number of carbonyl (C=O) groups is 4. The lowest BCUT2D eigenvalue weighted by Crippen LogP contribution is -2.74. The van der Waals surface area contributed by atoms with Crippen molar-refractivity contribution in [2.75, 3.05) is 27.3 Å². The van der Waals surface area contributed by atoms with Crippen LogP contribution in [0, 0.1) is 0 Å². The second-order valence-electron chi connectivity index (χ2n) is 10.6. The smallest absolute Gasteiger partial charge is 0.353 e. The van der Waals surface area contributed by atoms with Crippen LogP contribution in [0.25, 0.3) is 0 Å². The van der Waals surface area contributed by atoms with Gasteiger partial charge in [0.15, 0.2) is 17.6 Å². The molecule has 12 heteroatoms. The van der Waals surface area contributed by atoms with Gasteiger partial charge in [-0.2, -0.15) is 0 Å². The first-order valence-electron chi connectivity index (χ1n) is 13.3. The Labute approximate surface area is 230 Å². The number of likely N-dealkylation sites (tertiary alicyclic amines) is 1. The number of esters is 3. The molecule has 1 saturated heterocycles. The van der Waals surface area contributed by atoms with Gasteiger partial charge in [-0.1, -0.05) is 6.07 Å². The topological polar surface area (TPSA) is 158 Å². The van der Waals surface area contributed by atoms with Crippen LogP contribution >= 0.6 is 0 Å². The van der Waals surface area contributed by atoms with Crippen LogP contribution in [0.1, 0.15) is 50.2 Å². The molecule has 216 valence electrons. The monoisotopic (exact) mass is 559 g/mol. The molecular weight excluding hydrogens is 526 g/mol. The van der Waals surface area contributed by atoms with E-state index in [4.69, 9.17) is 28.8 Å². The molecule has 1 aromatic rings. The van der Waals surface area contributed by atoms with Crippen LogP contribution < -0.4 is 9.47 Å². The minimum atomic E-state index is -1.66. The molecule has 4 aliphatic rings. The first kappa shape index (κ1) is 27.9. The van der Waals surface area contributed by atoms with E-state index >= 15 is 0 Å². The lowest BCUT2D eigenvalue weighted by molar-refractivity contribution is -0.178.